The summed E-state index contributed by atoms with van der Waals surface area (Å²) in [4.78, 5) is 14.6. The Kier molecular flexibility index (Phi) is 3.51. The van der Waals surface area contributed by atoms with Gasteiger partial charge in [0.25, 0.3) is 0 Å². The maximum absolute atomic E-state index is 10.4. The van der Waals surface area contributed by atoms with E-state index < -0.39 is 5.91 Å². The Morgan fingerprint density at radius 3 is 3.18 bits per heavy atom. The first-order chi connectivity index (χ1) is 8.25. The summed E-state index contributed by atoms with van der Waals surface area (Å²) < 4.78 is 6.66. The molecular formula is C10H13N5O2. The zero-order valence-electron chi connectivity index (χ0n) is 9.17. The molecule has 0 unspecified atom stereocenters. The molecule has 1 amide bonds. The van der Waals surface area contributed by atoms with Crippen LogP contribution in [0.5, 0.6) is 0 Å². The Labute approximate surface area is 97.6 Å². The Morgan fingerprint density at radius 2 is 2.41 bits per heavy atom. The smallest absolute Gasteiger partial charge is 0.243 e. The zero-order chi connectivity index (χ0) is 12.1. The molecule has 17 heavy (non-hydrogen) atoms. The highest BCUT2D eigenvalue weighted by atomic mass is 16.5. The summed E-state index contributed by atoms with van der Waals surface area (Å²) >= 11 is 0. The summed E-state index contributed by atoms with van der Waals surface area (Å²) in [6, 6.07) is 5.63. The summed E-state index contributed by atoms with van der Waals surface area (Å²) in [6.45, 7) is 0.822. The van der Waals surface area contributed by atoms with Gasteiger partial charge in [0.15, 0.2) is 5.65 Å². The fourth-order valence-electron chi connectivity index (χ4n) is 1.31. The van der Waals surface area contributed by atoms with Gasteiger partial charge < -0.3 is 15.8 Å². The van der Waals surface area contributed by atoms with Gasteiger partial charge in [0.1, 0.15) is 6.61 Å². The second-order valence-corrected chi connectivity index (χ2v) is 3.38. The van der Waals surface area contributed by atoms with Crippen LogP contribution in [0.25, 0.3) is 5.65 Å². The number of primary amides is 1. The molecule has 7 nitrogen and oxygen atoms in total. The van der Waals surface area contributed by atoms with Gasteiger partial charge in [-0.15, -0.1) is 5.10 Å². The van der Waals surface area contributed by atoms with Crippen LogP contribution in [0, 0.1) is 0 Å². The van der Waals surface area contributed by atoms with Crippen LogP contribution >= 0.6 is 0 Å². The van der Waals surface area contributed by atoms with E-state index in [4.69, 9.17) is 10.5 Å². The van der Waals surface area contributed by atoms with E-state index in [2.05, 4.69) is 15.4 Å². The number of ether oxygens (including phenoxy) is 1. The van der Waals surface area contributed by atoms with Crippen molar-refractivity contribution in [3.8, 4) is 0 Å². The minimum atomic E-state index is -0.476. The van der Waals surface area contributed by atoms with Crippen LogP contribution in [0.3, 0.4) is 0 Å². The van der Waals surface area contributed by atoms with E-state index in [-0.39, 0.29) is 6.61 Å². The standard InChI is InChI=1S/C10H13N5O2/c11-8(16)7-17-6-4-12-10-13-9-3-1-2-5-15(9)14-10/h1-3,5H,4,6-7H2,(H2,11,16)(H,12,14). The lowest BCUT2D eigenvalue weighted by molar-refractivity contribution is -0.122. The van der Waals surface area contributed by atoms with Gasteiger partial charge in [-0.3, -0.25) is 4.79 Å². The molecule has 0 saturated heterocycles. The van der Waals surface area contributed by atoms with E-state index in [1.54, 1.807) is 4.52 Å². The van der Waals surface area contributed by atoms with Crippen molar-refractivity contribution in [1.29, 1.82) is 0 Å². The van der Waals surface area contributed by atoms with Crippen LogP contribution in [-0.2, 0) is 9.53 Å². The number of anilines is 1. The van der Waals surface area contributed by atoms with Crippen molar-refractivity contribution in [2.75, 3.05) is 25.1 Å². The Balaban J connectivity index is 1.81. The molecule has 0 spiro atoms. The van der Waals surface area contributed by atoms with Crippen molar-refractivity contribution in [1.82, 2.24) is 14.6 Å². The molecule has 0 atom stereocenters. The summed E-state index contributed by atoms with van der Waals surface area (Å²) in [5.74, 6) is 0.0507. The molecule has 2 aromatic heterocycles. The van der Waals surface area contributed by atoms with Crippen molar-refractivity contribution >= 4 is 17.5 Å². The van der Waals surface area contributed by atoms with Crippen molar-refractivity contribution in [3.05, 3.63) is 24.4 Å². The number of nitrogens with one attached hydrogen (secondary N) is 1. The average molecular weight is 235 g/mol. The van der Waals surface area contributed by atoms with Crippen LogP contribution in [0.15, 0.2) is 24.4 Å². The van der Waals surface area contributed by atoms with Gasteiger partial charge >= 0.3 is 0 Å². The van der Waals surface area contributed by atoms with E-state index in [0.29, 0.717) is 19.1 Å². The van der Waals surface area contributed by atoms with Crippen molar-refractivity contribution in [3.63, 3.8) is 0 Å². The highest BCUT2D eigenvalue weighted by Gasteiger charge is 2.01. The summed E-state index contributed by atoms with van der Waals surface area (Å²) in [5, 5.41) is 7.18. The third kappa shape index (κ3) is 3.15. The van der Waals surface area contributed by atoms with E-state index in [0.717, 1.165) is 5.65 Å². The lowest BCUT2D eigenvalue weighted by Crippen LogP contribution is -2.20. The second kappa shape index (κ2) is 5.26. The molecule has 2 heterocycles. The predicted octanol–water partition coefficient (Wildman–Crippen LogP) is -0.357. The summed E-state index contributed by atoms with van der Waals surface area (Å²) in [6.07, 6.45) is 1.82. The Hall–Kier alpha value is -2.15. The zero-order valence-corrected chi connectivity index (χ0v) is 9.17. The molecule has 0 saturated carbocycles. The van der Waals surface area contributed by atoms with Gasteiger partial charge in [-0.1, -0.05) is 6.07 Å². The number of hydrogen-bond acceptors (Lipinski definition) is 5. The fraction of sp³-hybridized carbons (Fsp3) is 0.300. The molecule has 0 aliphatic rings. The molecule has 2 rings (SSSR count). The fourth-order valence-corrected chi connectivity index (χ4v) is 1.31. The molecule has 90 valence electrons. The van der Waals surface area contributed by atoms with Crippen LogP contribution in [0.2, 0.25) is 0 Å². The quantitative estimate of drug-likeness (QED) is 0.667. The van der Waals surface area contributed by atoms with E-state index in [1.165, 1.54) is 0 Å². The number of aromatic nitrogens is 3. The first-order valence-corrected chi connectivity index (χ1v) is 5.17. The number of nitrogens with two attached hydrogens (primary N) is 1. The number of carbonyl (C=O) groups is 1. The molecule has 0 radical (unpaired) electrons. The summed E-state index contributed by atoms with van der Waals surface area (Å²) in [7, 11) is 0. The van der Waals surface area contributed by atoms with Gasteiger partial charge in [-0.05, 0) is 12.1 Å². The van der Waals surface area contributed by atoms with E-state index >= 15 is 0 Å². The molecule has 0 aliphatic carbocycles. The largest absolute Gasteiger partial charge is 0.370 e. The maximum Gasteiger partial charge on any atom is 0.243 e. The number of amides is 1. The van der Waals surface area contributed by atoms with Gasteiger partial charge in [0, 0.05) is 12.7 Å². The van der Waals surface area contributed by atoms with Gasteiger partial charge in [0.05, 0.1) is 6.61 Å². The number of fused-ring (bicyclic) bond motifs is 1. The molecule has 0 aliphatic heterocycles. The molecule has 3 N–H and O–H groups in total. The first kappa shape index (κ1) is 11.3. The average Bonchev–Trinajstić information content (AvgIpc) is 2.70. The van der Waals surface area contributed by atoms with Crippen LogP contribution in [0.1, 0.15) is 0 Å². The molecule has 0 fully saturated rings. The SMILES string of the molecule is NC(=O)COCCNc1nc2ccccn2n1. The normalized spacial score (nSPS) is 10.6. The van der Waals surface area contributed by atoms with Crippen molar-refractivity contribution in [2.24, 2.45) is 5.73 Å². The lowest BCUT2D eigenvalue weighted by atomic mass is 10.5. The summed E-state index contributed by atoms with van der Waals surface area (Å²) in [5.41, 5.74) is 5.70. The van der Waals surface area contributed by atoms with Crippen LogP contribution < -0.4 is 11.1 Å². The van der Waals surface area contributed by atoms with E-state index in [9.17, 15) is 4.79 Å². The number of pyridine rings is 1. The monoisotopic (exact) mass is 235 g/mol. The van der Waals surface area contributed by atoms with Crippen LogP contribution in [-0.4, -0.2) is 40.3 Å². The van der Waals surface area contributed by atoms with Crippen LogP contribution in [0.4, 0.5) is 5.95 Å². The van der Waals surface area contributed by atoms with Gasteiger partial charge in [-0.2, -0.15) is 4.98 Å². The minimum Gasteiger partial charge on any atom is -0.370 e. The third-order valence-electron chi connectivity index (χ3n) is 2.02. The molecule has 7 heteroatoms. The molecule has 0 aromatic carbocycles. The van der Waals surface area contributed by atoms with Gasteiger partial charge in [-0.25, -0.2) is 4.52 Å². The molecular weight excluding hydrogens is 222 g/mol. The minimum absolute atomic E-state index is 0.0692. The van der Waals surface area contributed by atoms with Crippen molar-refractivity contribution < 1.29 is 9.53 Å². The van der Waals surface area contributed by atoms with E-state index in [1.807, 2.05) is 24.4 Å². The lowest BCUT2D eigenvalue weighted by Gasteiger charge is -2.01. The number of rotatable bonds is 6. The Bertz CT molecular complexity index is 477. The first-order valence-electron chi connectivity index (χ1n) is 5.17. The highest BCUT2D eigenvalue weighted by Crippen LogP contribution is 2.03. The maximum atomic E-state index is 10.4. The number of nitrogens with zero attached hydrogens (tertiary/aromatic N) is 3. The predicted molar refractivity (Wildman–Crippen MR) is 61.5 cm³/mol. The van der Waals surface area contributed by atoms with Gasteiger partial charge in [0.2, 0.25) is 11.9 Å². The number of hydrogen-bond donors (Lipinski definition) is 2. The second-order valence-electron chi connectivity index (χ2n) is 3.38. The molecule has 2 aromatic rings. The topological polar surface area (TPSA) is 94.5 Å². The molecule has 0 bridgehead atoms. The Morgan fingerprint density at radius 1 is 1.53 bits per heavy atom. The highest BCUT2D eigenvalue weighted by molar-refractivity contribution is 5.74. The number of carbonyl (C=O) groups excluding carboxylic acids is 1. The van der Waals surface area contributed by atoms with Crippen molar-refractivity contribution in [2.45, 2.75) is 0 Å². The third-order valence-corrected chi connectivity index (χ3v) is 2.02.